The van der Waals surface area contributed by atoms with Gasteiger partial charge in [0.15, 0.2) is 0 Å². The van der Waals surface area contributed by atoms with Gasteiger partial charge in [0.25, 0.3) is 0 Å². The second-order valence-corrected chi connectivity index (χ2v) is 5.49. The predicted molar refractivity (Wildman–Crippen MR) is 80.3 cm³/mol. The normalized spacial score (nSPS) is 23.8. The van der Waals surface area contributed by atoms with E-state index in [9.17, 15) is 4.79 Å². The molecule has 2 unspecified atom stereocenters. The van der Waals surface area contributed by atoms with Crippen LogP contribution in [0.15, 0.2) is 30.3 Å². The maximum absolute atomic E-state index is 12.2. The first-order chi connectivity index (χ1) is 8.58. The van der Waals surface area contributed by atoms with E-state index in [1.54, 1.807) is 0 Å². The van der Waals surface area contributed by atoms with E-state index in [-0.39, 0.29) is 18.3 Å². The van der Waals surface area contributed by atoms with Crippen molar-refractivity contribution < 1.29 is 4.79 Å². The third kappa shape index (κ3) is 3.95. The monoisotopic (exact) mass is 282 g/mol. The van der Waals surface area contributed by atoms with Crippen molar-refractivity contribution in [2.24, 2.45) is 17.6 Å². The van der Waals surface area contributed by atoms with Gasteiger partial charge in [-0.2, -0.15) is 0 Å². The minimum atomic E-state index is -0.412. The van der Waals surface area contributed by atoms with Gasteiger partial charge in [-0.25, -0.2) is 0 Å². The fraction of sp³-hybridized carbons (Fsp3) is 0.533. The number of halogens is 1. The molecule has 1 heterocycles. The smallest absolute Gasteiger partial charge is 0.239 e. The average Bonchev–Trinajstić information content (AvgIpc) is 2.70. The van der Waals surface area contributed by atoms with Crippen LogP contribution >= 0.6 is 12.4 Å². The Balaban J connectivity index is 0.00000180. The lowest BCUT2D eigenvalue weighted by atomic mass is 10.0. The fourth-order valence-corrected chi connectivity index (χ4v) is 2.50. The van der Waals surface area contributed by atoms with Gasteiger partial charge in [0.05, 0.1) is 6.04 Å². The molecule has 1 aromatic rings. The van der Waals surface area contributed by atoms with Crippen molar-refractivity contribution >= 4 is 18.3 Å². The number of hydrogen-bond acceptors (Lipinski definition) is 2. The molecule has 0 spiro atoms. The molecule has 0 saturated carbocycles. The molecule has 1 amide bonds. The lowest BCUT2D eigenvalue weighted by molar-refractivity contribution is -0.131. The van der Waals surface area contributed by atoms with E-state index in [0.29, 0.717) is 18.3 Å². The number of nitrogens with two attached hydrogens (primary N) is 1. The lowest BCUT2D eigenvalue weighted by Crippen LogP contribution is -2.44. The van der Waals surface area contributed by atoms with E-state index >= 15 is 0 Å². The summed E-state index contributed by atoms with van der Waals surface area (Å²) >= 11 is 0. The van der Waals surface area contributed by atoms with Crippen molar-refractivity contribution in [1.82, 2.24) is 4.90 Å². The van der Waals surface area contributed by atoms with Crippen molar-refractivity contribution in [3.8, 4) is 0 Å². The summed E-state index contributed by atoms with van der Waals surface area (Å²) in [6.45, 7) is 6.09. The SMILES string of the molecule is CC1CN(C(=O)[C@@H](N)Cc2ccccc2)CC1C.Cl. The van der Waals surface area contributed by atoms with Crippen LogP contribution in [0.2, 0.25) is 0 Å². The number of rotatable bonds is 3. The van der Waals surface area contributed by atoms with Crippen LogP contribution in [0.25, 0.3) is 0 Å². The van der Waals surface area contributed by atoms with E-state index in [1.165, 1.54) is 0 Å². The Bertz CT molecular complexity index is 400. The average molecular weight is 283 g/mol. The van der Waals surface area contributed by atoms with Crippen molar-refractivity contribution in [1.29, 1.82) is 0 Å². The first kappa shape index (κ1) is 16.0. The van der Waals surface area contributed by atoms with Gasteiger partial charge in [-0.1, -0.05) is 44.2 Å². The minimum Gasteiger partial charge on any atom is -0.341 e. The fourth-order valence-electron chi connectivity index (χ4n) is 2.50. The van der Waals surface area contributed by atoms with E-state index in [0.717, 1.165) is 18.7 Å². The Labute approximate surface area is 121 Å². The molecule has 1 aliphatic rings. The number of carbonyl (C=O) groups is 1. The van der Waals surface area contributed by atoms with Gasteiger partial charge in [-0.05, 0) is 23.8 Å². The van der Waals surface area contributed by atoms with E-state index in [1.807, 2.05) is 35.2 Å². The van der Waals surface area contributed by atoms with Crippen LogP contribution in [-0.4, -0.2) is 29.9 Å². The molecule has 4 heteroatoms. The maximum atomic E-state index is 12.2. The van der Waals surface area contributed by atoms with Gasteiger partial charge in [-0.15, -0.1) is 12.4 Å². The van der Waals surface area contributed by atoms with Crippen molar-refractivity contribution in [2.75, 3.05) is 13.1 Å². The summed E-state index contributed by atoms with van der Waals surface area (Å²) in [4.78, 5) is 14.2. The Morgan fingerprint density at radius 3 is 2.32 bits per heavy atom. The second kappa shape index (κ2) is 6.92. The van der Waals surface area contributed by atoms with Crippen molar-refractivity contribution in [3.63, 3.8) is 0 Å². The highest BCUT2D eigenvalue weighted by Crippen LogP contribution is 2.22. The summed E-state index contributed by atoms with van der Waals surface area (Å²) in [6.07, 6.45) is 0.624. The molecule has 3 atom stereocenters. The predicted octanol–water partition coefficient (Wildman–Crippen LogP) is 2.09. The standard InChI is InChI=1S/C15H22N2O.ClH/c1-11-9-17(10-12(11)2)15(18)14(16)8-13-6-4-3-5-7-13;/h3-7,11-12,14H,8-10,16H2,1-2H3;1H/t11?,12?,14-;/m0./s1. The number of nitrogens with zero attached hydrogens (tertiary/aromatic N) is 1. The highest BCUT2D eigenvalue weighted by Gasteiger charge is 2.31. The van der Waals surface area contributed by atoms with Gasteiger partial charge in [0.2, 0.25) is 5.91 Å². The molecule has 3 nitrogen and oxygen atoms in total. The first-order valence-electron chi connectivity index (χ1n) is 6.66. The minimum absolute atomic E-state index is 0. The molecular formula is C15H23ClN2O. The Morgan fingerprint density at radius 2 is 1.79 bits per heavy atom. The van der Waals surface area contributed by atoms with Gasteiger partial charge < -0.3 is 10.6 Å². The van der Waals surface area contributed by atoms with E-state index < -0.39 is 6.04 Å². The molecule has 19 heavy (non-hydrogen) atoms. The maximum Gasteiger partial charge on any atom is 0.239 e. The quantitative estimate of drug-likeness (QED) is 0.923. The van der Waals surface area contributed by atoms with Gasteiger partial charge >= 0.3 is 0 Å². The van der Waals surface area contributed by atoms with Crippen LogP contribution in [0.4, 0.5) is 0 Å². The summed E-state index contributed by atoms with van der Waals surface area (Å²) in [6, 6.07) is 9.55. The summed E-state index contributed by atoms with van der Waals surface area (Å²) in [7, 11) is 0. The van der Waals surface area contributed by atoms with E-state index in [4.69, 9.17) is 5.73 Å². The highest BCUT2D eigenvalue weighted by atomic mass is 35.5. The summed E-state index contributed by atoms with van der Waals surface area (Å²) < 4.78 is 0. The van der Waals surface area contributed by atoms with Crippen LogP contribution < -0.4 is 5.73 Å². The van der Waals surface area contributed by atoms with Gasteiger partial charge in [0.1, 0.15) is 0 Å². The Morgan fingerprint density at radius 1 is 1.26 bits per heavy atom. The molecule has 106 valence electrons. The molecule has 0 bridgehead atoms. The van der Waals surface area contributed by atoms with Crippen LogP contribution in [0.3, 0.4) is 0 Å². The molecule has 1 aromatic carbocycles. The lowest BCUT2D eigenvalue weighted by Gasteiger charge is -2.20. The molecule has 1 saturated heterocycles. The zero-order valence-electron chi connectivity index (χ0n) is 11.6. The molecule has 0 aromatic heterocycles. The van der Waals surface area contributed by atoms with Gasteiger partial charge in [0, 0.05) is 13.1 Å². The molecule has 2 rings (SSSR count). The summed E-state index contributed by atoms with van der Waals surface area (Å²) in [5, 5.41) is 0. The Hall–Kier alpha value is -1.06. The van der Waals surface area contributed by atoms with E-state index in [2.05, 4.69) is 13.8 Å². The van der Waals surface area contributed by atoms with Crippen LogP contribution in [0.5, 0.6) is 0 Å². The van der Waals surface area contributed by atoms with Crippen molar-refractivity contribution in [2.45, 2.75) is 26.3 Å². The third-order valence-electron chi connectivity index (χ3n) is 3.92. The van der Waals surface area contributed by atoms with Gasteiger partial charge in [-0.3, -0.25) is 4.79 Å². The number of hydrogen-bond donors (Lipinski definition) is 1. The summed E-state index contributed by atoms with van der Waals surface area (Å²) in [5.41, 5.74) is 7.15. The largest absolute Gasteiger partial charge is 0.341 e. The van der Waals surface area contributed by atoms with Crippen LogP contribution in [0.1, 0.15) is 19.4 Å². The third-order valence-corrected chi connectivity index (χ3v) is 3.92. The molecular weight excluding hydrogens is 260 g/mol. The topological polar surface area (TPSA) is 46.3 Å². The molecule has 1 fully saturated rings. The Kier molecular flexibility index (Phi) is 5.83. The number of likely N-dealkylation sites (tertiary alicyclic amines) is 1. The molecule has 0 aliphatic carbocycles. The van der Waals surface area contributed by atoms with Crippen LogP contribution in [-0.2, 0) is 11.2 Å². The highest BCUT2D eigenvalue weighted by molar-refractivity contribution is 5.85. The first-order valence-corrected chi connectivity index (χ1v) is 6.66. The molecule has 1 aliphatic heterocycles. The number of benzene rings is 1. The second-order valence-electron chi connectivity index (χ2n) is 5.49. The zero-order valence-corrected chi connectivity index (χ0v) is 12.4. The zero-order chi connectivity index (χ0) is 13.1. The molecule has 0 radical (unpaired) electrons. The summed E-state index contributed by atoms with van der Waals surface area (Å²) in [5.74, 6) is 1.26. The van der Waals surface area contributed by atoms with Crippen LogP contribution in [0, 0.1) is 11.8 Å². The molecule has 2 N–H and O–H groups in total. The van der Waals surface area contributed by atoms with Crippen molar-refractivity contribution in [3.05, 3.63) is 35.9 Å². The number of amides is 1. The number of carbonyl (C=O) groups excluding carboxylic acids is 1.